The van der Waals surface area contributed by atoms with E-state index in [0.29, 0.717) is 38.6 Å². The summed E-state index contributed by atoms with van der Waals surface area (Å²) in [6.07, 6.45) is 3.63. The van der Waals surface area contributed by atoms with Gasteiger partial charge in [0.15, 0.2) is 12.4 Å². The summed E-state index contributed by atoms with van der Waals surface area (Å²) >= 11 is 18.6. The number of aryl methyl sites for hydroxylation is 2. The van der Waals surface area contributed by atoms with Crippen LogP contribution in [0.15, 0.2) is 48.5 Å². The van der Waals surface area contributed by atoms with Gasteiger partial charge in [0.1, 0.15) is 5.15 Å². The van der Waals surface area contributed by atoms with Crippen molar-refractivity contribution in [1.29, 1.82) is 0 Å². The summed E-state index contributed by atoms with van der Waals surface area (Å²) in [5.41, 5.74) is 3.65. The second-order valence-electron chi connectivity index (χ2n) is 7.10. The van der Waals surface area contributed by atoms with Crippen LogP contribution in [-0.4, -0.2) is 28.1 Å². The maximum atomic E-state index is 12.2. The number of esters is 1. The molecule has 2 aromatic carbocycles. The third kappa shape index (κ3) is 6.00. The van der Waals surface area contributed by atoms with Gasteiger partial charge >= 0.3 is 5.97 Å². The lowest BCUT2D eigenvalue weighted by atomic mass is 10.1. The number of nitrogens with zero attached hydrogens (tertiary/aromatic N) is 2. The molecule has 0 amide bonds. The molecule has 0 aliphatic rings. The molecule has 3 rings (SSSR count). The maximum Gasteiger partial charge on any atom is 0.331 e. The van der Waals surface area contributed by atoms with E-state index < -0.39 is 5.97 Å². The van der Waals surface area contributed by atoms with Gasteiger partial charge in [0, 0.05) is 27.2 Å². The van der Waals surface area contributed by atoms with Crippen LogP contribution >= 0.6 is 34.8 Å². The summed E-state index contributed by atoms with van der Waals surface area (Å²) < 4.78 is 6.65. The summed E-state index contributed by atoms with van der Waals surface area (Å²) in [5, 5.41) is 5.81. The number of ketones is 1. The number of carbonyl (C=O) groups excluding carboxylic acids is 2. The fourth-order valence-electron chi connectivity index (χ4n) is 3.02. The van der Waals surface area contributed by atoms with Gasteiger partial charge in [0.25, 0.3) is 0 Å². The molecule has 0 spiro atoms. The molecule has 0 unspecified atom stereocenters. The molecule has 0 N–H and O–H groups in total. The van der Waals surface area contributed by atoms with Crippen LogP contribution in [0.1, 0.15) is 39.7 Å². The monoisotopic (exact) mass is 490 g/mol. The predicted molar refractivity (Wildman–Crippen MR) is 128 cm³/mol. The van der Waals surface area contributed by atoms with E-state index in [1.807, 2.05) is 19.1 Å². The van der Waals surface area contributed by atoms with Crippen LogP contribution in [0.4, 0.5) is 0 Å². The van der Waals surface area contributed by atoms with Gasteiger partial charge in [-0.2, -0.15) is 5.10 Å². The molecule has 0 bridgehead atoms. The molecule has 8 heteroatoms. The average molecular weight is 492 g/mol. The van der Waals surface area contributed by atoms with Crippen LogP contribution in [0.3, 0.4) is 0 Å². The standard InChI is InChI=1S/C24H21Cl3N2O3/c1-3-16-4-6-17(7-5-16)22(30)14-32-23(31)11-10-20-15(2)28-29(24(20)27)13-18-8-9-19(25)12-21(18)26/h4-12H,3,13-14H2,1-2H3. The molecule has 0 saturated heterocycles. The predicted octanol–water partition coefficient (Wildman–Crippen LogP) is 6.20. The van der Waals surface area contributed by atoms with Gasteiger partial charge < -0.3 is 4.74 Å². The lowest BCUT2D eigenvalue weighted by Gasteiger charge is -2.06. The number of Topliss-reactive ketones (excluding diaryl/α,β-unsaturated/α-hetero) is 1. The van der Waals surface area contributed by atoms with Crippen LogP contribution < -0.4 is 0 Å². The van der Waals surface area contributed by atoms with Crippen LogP contribution in [-0.2, 0) is 22.5 Å². The van der Waals surface area contributed by atoms with E-state index in [2.05, 4.69) is 5.10 Å². The summed E-state index contributed by atoms with van der Waals surface area (Å²) in [6.45, 7) is 3.82. The van der Waals surface area contributed by atoms with Crippen molar-refractivity contribution < 1.29 is 14.3 Å². The van der Waals surface area contributed by atoms with Crippen LogP contribution in [0.25, 0.3) is 6.08 Å². The minimum Gasteiger partial charge on any atom is -0.454 e. The number of aromatic nitrogens is 2. The molecule has 0 saturated carbocycles. The van der Waals surface area contributed by atoms with E-state index in [1.165, 1.54) is 12.2 Å². The van der Waals surface area contributed by atoms with E-state index in [-0.39, 0.29) is 12.4 Å². The first kappa shape index (κ1) is 24.1. The Bertz CT molecular complexity index is 1170. The van der Waals surface area contributed by atoms with E-state index in [4.69, 9.17) is 39.5 Å². The Morgan fingerprint density at radius 3 is 2.47 bits per heavy atom. The lowest BCUT2D eigenvalue weighted by Crippen LogP contribution is -2.12. The fourth-order valence-corrected chi connectivity index (χ4v) is 3.78. The Morgan fingerprint density at radius 1 is 1.09 bits per heavy atom. The highest BCUT2D eigenvalue weighted by Gasteiger charge is 2.14. The Kier molecular flexibility index (Phi) is 8.13. The van der Waals surface area contributed by atoms with Crippen molar-refractivity contribution in [2.45, 2.75) is 26.8 Å². The van der Waals surface area contributed by atoms with Crippen molar-refractivity contribution in [3.8, 4) is 0 Å². The summed E-state index contributed by atoms with van der Waals surface area (Å²) in [4.78, 5) is 24.3. The largest absolute Gasteiger partial charge is 0.454 e. The van der Waals surface area contributed by atoms with E-state index in [9.17, 15) is 9.59 Å². The molecule has 32 heavy (non-hydrogen) atoms. The van der Waals surface area contributed by atoms with Crippen molar-refractivity contribution in [2.24, 2.45) is 0 Å². The summed E-state index contributed by atoms with van der Waals surface area (Å²) in [7, 11) is 0. The van der Waals surface area contributed by atoms with Gasteiger partial charge in [-0.05, 0) is 42.7 Å². The molecule has 0 aliphatic carbocycles. The number of ether oxygens (including phenoxy) is 1. The summed E-state index contributed by atoms with van der Waals surface area (Å²) in [5.74, 6) is -0.913. The molecular formula is C24H21Cl3N2O3. The Balaban J connectivity index is 1.62. The minimum absolute atomic E-state index is 0.267. The second-order valence-corrected chi connectivity index (χ2v) is 8.30. The average Bonchev–Trinajstić information content (AvgIpc) is 3.04. The number of benzene rings is 2. The van der Waals surface area contributed by atoms with Gasteiger partial charge in [-0.1, -0.05) is 72.1 Å². The quantitative estimate of drug-likeness (QED) is 0.214. The first-order valence-corrected chi connectivity index (χ1v) is 11.1. The molecule has 0 atom stereocenters. The van der Waals surface area contributed by atoms with Gasteiger partial charge in [-0.25, -0.2) is 9.48 Å². The minimum atomic E-state index is -0.646. The lowest BCUT2D eigenvalue weighted by molar-refractivity contribution is -0.136. The van der Waals surface area contributed by atoms with Gasteiger partial charge in [-0.3, -0.25) is 4.79 Å². The molecule has 0 fully saturated rings. The third-order valence-electron chi connectivity index (χ3n) is 4.86. The summed E-state index contributed by atoms with van der Waals surface area (Å²) in [6, 6.07) is 12.4. The molecule has 1 aromatic heterocycles. The molecule has 5 nitrogen and oxygen atoms in total. The Hall–Kier alpha value is -2.60. The first-order valence-electron chi connectivity index (χ1n) is 9.92. The van der Waals surface area contributed by atoms with Crippen LogP contribution in [0.5, 0.6) is 0 Å². The van der Waals surface area contributed by atoms with Crippen LogP contribution in [0.2, 0.25) is 15.2 Å². The SMILES string of the molecule is CCc1ccc(C(=O)COC(=O)C=Cc2c(C)nn(Cc3ccc(Cl)cc3Cl)c2Cl)cc1. The van der Waals surface area contributed by atoms with Crippen molar-refractivity contribution >= 4 is 52.6 Å². The highest BCUT2D eigenvalue weighted by atomic mass is 35.5. The van der Waals surface area contributed by atoms with Gasteiger partial charge in [0.2, 0.25) is 0 Å². The Labute approximate surface area is 201 Å². The fraction of sp³-hybridized carbons (Fsp3) is 0.208. The van der Waals surface area contributed by atoms with Gasteiger partial charge in [0.05, 0.1) is 12.2 Å². The number of carbonyl (C=O) groups is 2. The van der Waals surface area contributed by atoms with Crippen LogP contribution in [0, 0.1) is 6.92 Å². The first-order chi connectivity index (χ1) is 15.3. The zero-order valence-electron chi connectivity index (χ0n) is 17.6. The molecule has 0 radical (unpaired) electrons. The van der Waals surface area contributed by atoms with Crippen molar-refractivity contribution in [3.63, 3.8) is 0 Å². The molecule has 3 aromatic rings. The van der Waals surface area contributed by atoms with E-state index >= 15 is 0 Å². The maximum absolute atomic E-state index is 12.2. The topological polar surface area (TPSA) is 61.2 Å². The number of hydrogen-bond donors (Lipinski definition) is 0. The van der Waals surface area contributed by atoms with Crippen molar-refractivity contribution in [3.05, 3.63) is 91.7 Å². The molecule has 1 heterocycles. The normalized spacial score (nSPS) is 11.2. The zero-order chi connectivity index (χ0) is 23.3. The second kappa shape index (κ2) is 10.8. The van der Waals surface area contributed by atoms with Gasteiger partial charge in [-0.15, -0.1) is 0 Å². The highest BCUT2D eigenvalue weighted by Crippen LogP contribution is 2.26. The third-order valence-corrected chi connectivity index (χ3v) is 5.85. The van der Waals surface area contributed by atoms with Crippen molar-refractivity contribution in [2.75, 3.05) is 6.61 Å². The zero-order valence-corrected chi connectivity index (χ0v) is 19.8. The van der Waals surface area contributed by atoms with E-state index in [1.54, 1.807) is 41.9 Å². The molecular weight excluding hydrogens is 471 g/mol. The Morgan fingerprint density at radius 2 is 1.81 bits per heavy atom. The molecule has 166 valence electrons. The smallest absolute Gasteiger partial charge is 0.331 e. The highest BCUT2D eigenvalue weighted by molar-refractivity contribution is 6.35. The number of rotatable bonds is 8. The van der Waals surface area contributed by atoms with Crippen molar-refractivity contribution in [1.82, 2.24) is 9.78 Å². The van der Waals surface area contributed by atoms with E-state index in [0.717, 1.165) is 17.5 Å². The molecule has 0 aliphatic heterocycles. The number of hydrogen-bond acceptors (Lipinski definition) is 4. The number of halogens is 3.